The number of carbonyl (C=O) groups is 1. The Labute approximate surface area is 142 Å². The molecule has 0 aliphatic heterocycles. The predicted octanol–water partition coefficient (Wildman–Crippen LogP) is 3.45. The first-order valence-electron chi connectivity index (χ1n) is 6.66. The van der Waals surface area contributed by atoms with E-state index in [4.69, 9.17) is 0 Å². The molecule has 0 saturated carbocycles. The van der Waals surface area contributed by atoms with Gasteiger partial charge in [-0.25, -0.2) is 17.2 Å². The van der Waals surface area contributed by atoms with Crippen molar-refractivity contribution in [3.63, 3.8) is 0 Å². The highest BCUT2D eigenvalue weighted by molar-refractivity contribution is 7.98. The third kappa shape index (κ3) is 4.24. The number of halogens is 2. The molecule has 0 aliphatic carbocycles. The second kappa shape index (κ2) is 7.18. The Morgan fingerprint density at radius 1 is 1.08 bits per heavy atom. The van der Waals surface area contributed by atoms with Gasteiger partial charge in [0.25, 0.3) is 10.0 Å². The Kier molecular flexibility index (Phi) is 5.45. The minimum absolute atomic E-state index is 0.107. The summed E-state index contributed by atoms with van der Waals surface area (Å²) in [6, 6.07) is 6.90. The topological polar surface area (TPSA) is 75.3 Å². The van der Waals surface area contributed by atoms with Crippen molar-refractivity contribution in [1.29, 1.82) is 0 Å². The molecule has 2 aromatic carbocycles. The van der Waals surface area contributed by atoms with E-state index in [1.54, 1.807) is 12.3 Å². The molecule has 0 aliphatic rings. The minimum atomic E-state index is -4.03. The maximum absolute atomic E-state index is 13.2. The molecule has 128 valence electrons. The molecule has 0 saturated heterocycles. The lowest BCUT2D eigenvalue weighted by Crippen LogP contribution is -2.14. The van der Waals surface area contributed by atoms with Gasteiger partial charge in [0.1, 0.15) is 0 Å². The molecule has 0 spiro atoms. The van der Waals surface area contributed by atoms with E-state index in [2.05, 4.69) is 10.0 Å². The van der Waals surface area contributed by atoms with Gasteiger partial charge in [-0.2, -0.15) is 0 Å². The third-order valence-electron chi connectivity index (χ3n) is 2.96. The minimum Gasteiger partial charge on any atom is -0.325 e. The van der Waals surface area contributed by atoms with Crippen molar-refractivity contribution in [3.05, 3.63) is 48.0 Å². The van der Waals surface area contributed by atoms with Crippen LogP contribution < -0.4 is 10.0 Å². The number of rotatable bonds is 5. The zero-order valence-corrected chi connectivity index (χ0v) is 14.4. The van der Waals surface area contributed by atoms with Crippen molar-refractivity contribution < 1.29 is 22.0 Å². The highest BCUT2D eigenvalue weighted by Crippen LogP contribution is 2.29. The molecule has 0 unspecified atom stereocenters. The fourth-order valence-electron chi connectivity index (χ4n) is 1.92. The maximum Gasteiger partial charge on any atom is 0.261 e. The van der Waals surface area contributed by atoms with Crippen LogP contribution in [0.3, 0.4) is 0 Å². The second-order valence-corrected chi connectivity index (χ2v) is 7.31. The molecule has 0 atom stereocenters. The molecular weight excluding hydrogens is 358 g/mol. The molecular formula is C15H14F2N2O3S2. The molecule has 0 aromatic heterocycles. The fourth-order valence-corrected chi connectivity index (χ4v) is 3.52. The van der Waals surface area contributed by atoms with E-state index >= 15 is 0 Å². The maximum atomic E-state index is 13.2. The molecule has 24 heavy (non-hydrogen) atoms. The average Bonchev–Trinajstić information content (AvgIpc) is 2.50. The molecule has 1 amide bonds. The molecule has 0 bridgehead atoms. The van der Waals surface area contributed by atoms with Crippen molar-refractivity contribution in [3.8, 4) is 0 Å². The number of hydrogen-bond donors (Lipinski definition) is 2. The SMILES string of the molecule is CSc1ccc(S(=O)(=O)Nc2ccc(F)c(F)c2)cc1NC(C)=O. The van der Waals surface area contributed by atoms with Crippen LogP contribution in [0.5, 0.6) is 0 Å². The fraction of sp³-hybridized carbons (Fsp3) is 0.133. The van der Waals surface area contributed by atoms with Crippen molar-refractivity contribution in [2.24, 2.45) is 0 Å². The van der Waals surface area contributed by atoms with Crippen molar-refractivity contribution in [1.82, 2.24) is 0 Å². The average molecular weight is 372 g/mol. The number of hydrogen-bond acceptors (Lipinski definition) is 4. The predicted molar refractivity (Wildman–Crippen MR) is 89.7 cm³/mol. The van der Waals surface area contributed by atoms with Crippen LogP contribution in [0.15, 0.2) is 46.2 Å². The van der Waals surface area contributed by atoms with Gasteiger partial charge in [-0.15, -0.1) is 11.8 Å². The lowest BCUT2D eigenvalue weighted by molar-refractivity contribution is -0.114. The van der Waals surface area contributed by atoms with Gasteiger partial charge in [0.05, 0.1) is 16.3 Å². The Balaban J connectivity index is 2.37. The van der Waals surface area contributed by atoms with Gasteiger partial charge >= 0.3 is 0 Å². The number of anilines is 2. The molecule has 5 nitrogen and oxygen atoms in total. The molecule has 0 radical (unpaired) electrons. The summed E-state index contributed by atoms with van der Waals surface area (Å²) in [6.07, 6.45) is 1.79. The van der Waals surface area contributed by atoms with E-state index in [1.165, 1.54) is 30.8 Å². The zero-order valence-electron chi connectivity index (χ0n) is 12.8. The lowest BCUT2D eigenvalue weighted by atomic mass is 10.3. The summed E-state index contributed by atoms with van der Waals surface area (Å²) in [5.41, 5.74) is 0.243. The Bertz CT molecular complexity index is 886. The highest BCUT2D eigenvalue weighted by Gasteiger charge is 2.17. The first-order chi connectivity index (χ1) is 11.2. The van der Waals surface area contributed by atoms with Crippen molar-refractivity contribution in [2.75, 3.05) is 16.3 Å². The summed E-state index contributed by atoms with van der Waals surface area (Å²) < 4.78 is 53.1. The van der Waals surface area contributed by atoms with Crippen LogP contribution in [0.25, 0.3) is 0 Å². The monoisotopic (exact) mass is 372 g/mol. The largest absolute Gasteiger partial charge is 0.325 e. The molecule has 0 heterocycles. The normalized spacial score (nSPS) is 11.2. The quantitative estimate of drug-likeness (QED) is 0.789. The van der Waals surface area contributed by atoms with Crippen LogP contribution >= 0.6 is 11.8 Å². The number of benzene rings is 2. The zero-order chi connectivity index (χ0) is 17.9. The second-order valence-electron chi connectivity index (χ2n) is 4.78. The van der Waals surface area contributed by atoms with E-state index in [1.807, 2.05) is 0 Å². The molecule has 2 N–H and O–H groups in total. The van der Waals surface area contributed by atoms with E-state index in [0.29, 0.717) is 10.6 Å². The van der Waals surface area contributed by atoms with Crippen LogP contribution in [0.1, 0.15) is 6.92 Å². The van der Waals surface area contributed by atoms with Crippen molar-refractivity contribution in [2.45, 2.75) is 16.7 Å². The van der Waals surface area contributed by atoms with Crippen LogP contribution in [-0.4, -0.2) is 20.6 Å². The number of nitrogens with one attached hydrogen (secondary N) is 2. The van der Waals surface area contributed by atoms with Gasteiger partial charge in [0.2, 0.25) is 5.91 Å². The van der Waals surface area contributed by atoms with E-state index < -0.39 is 21.7 Å². The standard InChI is InChI=1S/C15H14F2N2O3S2/c1-9(20)18-14-8-11(4-6-15(14)23-2)24(21,22)19-10-3-5-12(16)13(17)7-10/h3-8,19H,1-2H3,(H,18,20). The molecule has 2 rings (SSSR count). The molecule has 0 fully saturated rings. The summed E-state index contributed by atoms with van der Waals surface area (Å²) in [5, 5.41) is 2.56. The smallest absolute Gasteiger partial charge is 0.261 e. The van der Waals surface area contributed by atoms with E-state index in [9.17, 15) is 22.0 Å². The van der Waals surface area contributed by atoms with Crippen molar-refractivity contribution >= 4 is 39.1 Å². The highest BCUT2D eigenvalue weighted by atomic mass is 32.2. The molecule has 2 aromatic rings. The summed E-state index contributed by atoms with van der Waals surface area (Å²) >= 11 is 1.34. The summed E-state index contributed by atoms with van der Waals surface area (Å²) in [4.78, 5) is 11.8. The van der Waals surface area contributed by atoms with Crippen LogP contribution in [0.4, 0.5) is 20.2 Å². The first-order valence-corrected chi connectivity index (χ1v) is 9.37. The Hall–Kier alpha value is -2.13. The van der Waals surface area contributed by atoms with Gasteiger partial charge in [-0.05, 0) is 36.6 Å². The summed E-state index contributed by atoms with van der Waals surface area (Å²) in [7, 11) is -4.03. The number of thioether (sulfide) groups is 1. The third-order valence-corrected chi connectivity index (χ3v) is 5.14. The Morgan fingerprint density at radius 2 is 1.79 bits per heavy atom. The summed E-state index contributed by atoms with van der Waals surface area (Å²) in [6.45, 7) is 1.31. The number of carbonyl (C=O) groups excluding carboxylic acids is 1. The van der Waals surface area contributed by atoms with Gasteiger partial charge in [0, 0.05) is 17.9 Å². The van der Waals surface area contributed by atoms with Crippen LogP contribution in [0.2, 0.25) is 0 Å². The summed E-state index contributed by atoms with van der Waals surface area (Å²) in [5.74, 6) is -2.57. The number of sulfonamides is 1. The lowest BCUT2D eigenvalue weighted by Gasteiger charge is -2.12. The number of amides is 1. The van der Waals surface area contributed by atoms with E-state index in [0.717, 1.165) is 18.2 Å². The van der Waals surface area contributed by atoms with Gasteiger partial charge in [0.15, 0.2) is 11.6 Å². The van der Waals surface area contributed by atoms with Gasteiger partial charge in [-0.1, -0.05) is 0 Å². The van der Waals surface area contributed by atoms with Crippen LogP contribution in [-0.2, 0) is 14.8 Å². The van der Waals surface area contributed by atoms with Crippen LogP contribution in [0, 0.1) is 11.6 Å². The van der Waals surface area contributed by atoms with Gasteiger partial charge < -0.3 is 5.32 Å². The van der Waals surface area contributed by atoms with E-state index in [-0.39, 0.29) is 16.5 Å². The first kappa shape index (κ1) is 18.2. The molecule has 9 heteroatoms. The van der Waals surface area contributed by atoms with Gasteiger partial charge in [-0.3, -0.25) is 9.52 Å². The Morgan fingerprint density at radius 3 is 2.38 bits per heavy atom.